The zero-order valence-corrected chi connectivity index (χ0v) is 17.1. The highest BCUT2D eigenvalue weighted by molar-refractivity contribution is 5.82. The Bertz CT molecular complexity index is 891. The maximum atomic E-state index is 12.8. The van der Waals surface area contributed by atoms with E-state index in [1.165, 1.54) is 0 Å². The number of hydrogen-bond acceptors (Lipinski definition) is 6. The normalized spacial score (nSPS) is 26.8. The molecule has 0 bridgehead atoms. The largest absolute Gasteiger partial charge is 0.412 e. The number of nitrogens with two attached hydrogens (primary N) is 1. The van der Waals surface area contributed by atoms with E-state index in [9.17, 15) is 23.2 Å². The van der Waals surface area contributed by atoms with E-state index < -0.39 is 30.1 Å². The Morgan fingerprint density at radius 3 is 2.70 bits per heavy atom. The fraction of sp³-hybridized carbons (Fsp3) is 0.600. The summed E-state index contributed by atoms with van der Waals surface area (Å²) in [5, 5.41) is 12.0. The monoisotopic (exact) mass is 422 g/mol. The second-order valence-electron chi connectivity index (χ2n) is 8.78. The Labute approximate surface area is 173 Å². The molecule has 1 aromatic heterocycles. The number of carbonyl (C=O) groups excluding carboxylic acids is 1. The van der Waals surface area contributed by atoms with Crippen LogP contribution in [0.2, 0.25) is 0 Å². The molecule has 0 spiro atoms. The van der Waals surface area contributed by atoms with E-state index in [2.05, 4.69) is 21.4 Å². The minimum Gasteiger partial charge on any atom is -0.367 e. The quantitative estimate of drug-likeness (QED) is 0.773. The molecule has 1 aromatic rings. The number of alkyl halides is 3. The van der Waals surface area contributed by atoms with Crippen LogP contribution in [-0.4, -0.2) is 52.1 Å². The number of rotatable bonds is 3. The zero-order valence-electron chi connectivity index (χ0n) is 17.1. The van der Waals surface area contributed by atoms with Crippen LogP contribution in [-0.2, 0) is 4.79 Å². The van der Waals surface area contributed by atoms with Crippen LogP contribution in [0.15, 0.2) is 18.5 Å². The van der Waals surface area contributed by atoms with Crippen LogP contribution in [0, 0.1) is 22.7 Å². The van der Waals surface area contributed by atoms with Crippen molar-refractivity contribution in [2.45, 2.75) is 51.4 Å². The van der Waals surface area contributed by atoms with Crippen LogP contribution in [0.4, 0.5) is 13.2 Å². The summed E-state index contributed by atoms with van der Waals surface area (Å²) < 4.78 is 38.4. The Morgan fingerprint density at radius 1 is 1.40 bits per heavy atom. The first-order valence-electron chi connectivity index (χ1n) is 9.73. The van der Waals surface area contributed by atoms with E-state index in [0.717, 1.165) is 5.70 Å². The van der Waals surface area contributed by atoms with Crippen molar-refractivity contribution >= 4 is 11.6 Å². The lowest BCUT2D eigenvalue weighted by Crippen LogP contribution is -2.58. The topological polar surface area (TPSA) is 108 Å². The molecular weight excluding hydrogens is 397 g/mol. The summed E-state index contributed by atoms with van der Waals surface area (Å²) in [6.07, 6.45) is 0.758. The Balaban J connectivity index is 1.87. The molecule has 1 aliphatic carbocycles. The molecule has 10 heteroatoms. The first-order valence-corrected chi connectivity index (χ1v) is 9.73. The highest BCUT2D eigenvalue weighted by atomic mass is 19.4. The fourth-order valence-electron chi connectivity index (χ4n) is 4.24. The summed E-state index contributed by atoms with van der Waals surface area (Å²) in [6.45, 7) is 6.83. The van der Waals surface area contributed by atoms with Crippen molar-refractivity contribution in [3.05, 3.63) is 29.9 Å². The third-order valence-corrected chi connectivity index (χ3v) is 5.53. The minimum absolute atomic E-state index is 0.106. The van der Waals surface area contributed by atoms with Gasteiger partial charge in [-0.1, -0.05) is 26.8 Å². The number of amides is 1. The highest BCUT2D eigenvalue weighted by Crippen LogP contribution is 2.40. The molecule has 1 aliphatic heterocycles. The van der Waals surface area contributed by atoms with E-state index in [-0.39, 0.29) is 11.3 Å². The van der Waals surface area contributed by atoms with Crippen LogP contribution in [0.25, 0.3) is 5.70 Å². The lowest BCUT2D eigenvalue weighted by molar-refractivity contribution is -0.163. The molecule has 3 N–H and O–H groups in total. The van der Waals surface area contributed by atoms with Gasteiger partial charge in [0.1, 0.15) is 5.69 Å². The van der Waals surface area contributed by atoms with Crippen LogP contribution >= 0.6 is 0 Å². The summed E-state index contributed by atoms with van der Waals surface area (Å²) in [5.41, 5.74) is 6.74. The summed E-state index contributed by atoms with van der Waals surface area (Å²) in [7, 11) is 0. The average Bonchev–Trinajstić information content (AvgIpc) is 2.64. The zero-order chi connectivity index (χ0) is 22.3. The van der Waals surface area contributed by atoms with E-state index in [4.69, 9.17) is 5.73 Å². The molecule has 4 atom stereocenters. The second-order valence-corrected chi connectivity index (χ2v) is 8.78. The molecule has 1 saturated heterocycles. The number of nitrogens with zero attached hydrogens (tertiary/aromatic N) is 4. The predicted molar refractivity (Wildman–Crippen MR) is 103 cm³/mol. The third kappa shape index (κ3) is 4.41. The number of aromatic nitrogens is 2. The maximum Gasteiger partial charge on any atom is 0.412 e. The molecule has 7 nitrogen and oxygen atoms in total. The van der Waals surface area contributed by atoms with Gasteiger partial charge in [0, 0.05) is 31.5 Å². The molecule has 0 aromatic carbocycles. The molecule has 162 valence electrons. The van der Waals surface area contributed by atoms with Gasteiger partial charge in [-0.15, -0.1) is 0 Å². The SMILES string of the molecule is CC1C=C(N2C[C@H](NC(=O)C(N)C(F)(F)F)CC(C)(C)C2)c2nccnc2C1C#N. The van der Waals surface area contributed by atoms with Gasteiger partial charge in [-0.25, -0.2) is 0 Å². The molecule has 0 saturated carbocycles. The van der Waals surface area contributed by atoms with Gasteiger partial charge in [0.05, 0.1) is 23.4 Å². The summed E-state index contributed by atoms with van der Waals surface area (Å²) in [4.78, 5) is 22.8. The summed E-state index contributed by atoms with van der Waals surface area (Å²) in [6, 6.07) is -0.808. The van der Waals surface area contributed by atoms with Crippen molar-refractivity contribution in [1.29, 1.82) is 5.26 Å². The van der Waals surface area contributed by atoms with Crippen molar-refractivity contribution in [1.82, 2.24) is 20.2 Å². The predicted octanol–water partition coefficient (Wildman–Crippen LogP) is 2.18. The number of nitrogens with one attached hydrogen (secondary N) is 1. The lowest BCUT2D eigenvalue weighted by Gasteiger charge is -2.45. The van der Waals surface area contributed by atoms with Crippen molar-refractivity contribution in [3.63, 3.8) is 0 Å². The van der Waals surface area contributed by atoms with Gasteiger partial charge < -0.3 is 16.0 Å². The molecule has 0 radical (unpaired) electrons. The average molecular weight is 422 g/mol. The molecule has 3 rings (SSSR count). The molecule has 2 aliphatic rings. The first kappa shape index (κ1) is 22.0. The van der Waals surface area contributed by atoms with E-state index in [1.807, 2.05) is 31.7 Å². The smallest absolute Gasteiger partial charge is 0.367 e. The second kappa shape index (κ2) is 7.87. The van der Waals surface area contributed by atoms with Crippen LogP contribution < -0.4 is 11.1 Å². The van der Waals surface area contributed by atoms with Gasteiger partial charge in [0.2, 0.25) is 5.91 Å². The van der Waals surface area contributed by atoms with Crippen LogP contribution in [0.1, 0.15) is 44.5 Å². The number of nitriles is 1. The Hall–Kier alpha value is -2.67. The van der Waals surface area contributed by atoms with Gasteiger partial charge in [0.25, 0.3) is 0 Å². The van der Waals surface area contributed by atoms with Gasteiger partial charge in [-0.2, -0.15) is 18.4 Å². The van der Waals surface area contributed by atoms with Crippen molar-refractivity contribution in [3.8, 4) is 6.07 Å². The summed E-state index contributed by atoms with van der Waals surface area (Å²) in [5.74, 6) is -1.76. The van der Waals surface area contributed by atoms with Crippen molar-refractivity contribution < 1.29 is 18.0 Å². The summed E-state index contributed by atoms with van der Waals surface area (Å²) >= 11 is 0. The van der Waals surface area contributed by atoms with Crippen molar-refractivity contribution in [2.75, 3.05) is 13.1 Å². The number of halogens is 3. The Kier molecular flexibility index (Phi) is 5.78. The molecule has 1 amide bonds. The molecule has 1 fully saturated rings. The molecule has 30 heavy (non-hydrogen) atoms. The van der Waals surface area contributed by atoms with Gasteiger partial charge in [-0.3, -0.25) is 14.8 Å². The molecule has 3 unspecified atom stereocenters. The number of likely N-dealkylation sites (tertiary alicyclic amines) is 1. The van der Waals surface area contributed by atoms with E-state index in [0.29, 0.717) is 30.9 Å². The fourth-order valence-corrected chi connectivity index (χ4v) is 4.24. The number of hydrogen-bond donors (Lipinski definition) is 2. The van der Waals surface area contributed by atoms with Crippen LogP contribution in [0.3, 0.4) is 0 Å². The lowest BCUT2D eigenvalue weighted by atomic mass is 9.79. The standard InChI is InChI=1S/C20H25F3N6O/c1-11-6-14(16-15(13(11)8-24)26-4-5-27-16)29-9-12(7-19(2,3)10-29)28-18(30)17(25)20(21,22)23/h4-6,11-13,17H,7,9-10,25H2,1-3H3,(H,28,30)/t11?,12-,13?,17?/m1/s1. The van der Waals surface area contributed by atoms with Gasteiger partial charge in [0.15, 0.2) is 6.04 Å². The van der Waals surface area contributed by atoms with E-state index in [1.54, 1.807) is 12.4 Å². The van der Waals surface area contributed by atoms with Gasteiger partial charge in [-0.05, 0) is 17.8 Å². The Morgan fingerprint density at radius 2 is 2.07 bits per heavy atom. The number of carbonyl (C=O) groups is 1. The third-order valence-electron chi connectivity index (χ3n) is 5.53. The maximum absolute atomic E-state index is 12.8. The minimum atomic E-state index is -4.80. The molecule has 2 heterocycles. The molecular formula is C20H25F3N6O. The van der Waals surface area contributed by atoms with Gasteiger partial charge >= 0.3 is 6.18 Å². The first-order chi connectivity index (χ1) is 13.9. The van der Waals surface area contributed by atoms with Crippen molar-refractivity contribution in [2.24, 2.45) is 17.1 Å². The number of fused-ring (bicyclic) bond motifs is 1. The number of allylic oxidation sites excluding steroid dienone is 1. The van der Waals surface area contributed by atoms with Crippen LogP contribution in [0.5, 0.6) is 0 Å². The van der Waals surface area contributed by atoms with E-state index >= 15 is 0 Å². The number of piperidine rings is 1. The highest BCUT2D eigenvalue weighted by Gasteiger charge is 2.44.